The maximum Gasteiger partial charge on any atom is 0.411 e. The van der Waals surface area contributed by atoms with Crippen molar-refractivity contribution in [1.82, 2.24) is 5.32 Å². The summed E-state index contributed by atoms with van der Waals surface area (Å²) < 4.78 is 40.2. The zero-order chi connectivity index (χ0) is 14.5. The molecular formula is C11H12BrF3N2O2. The van der Waals surface area contributed by atoms with Gasteiger partial charge in [-0.2, -0.15) is 13.2 Å². The van der Waals surface area contributed by atoms with Gasteiger partial charge in [-0.25, -0.2) is 0 Å². The third-order valence-electron chi connectivity index (χ3n) is 2.03. The first-order valence-corrected chi connectivity index (χ1v) is 6.06. The molecule has 0 saturated heterocycles. The highest BCUT2D eigenvalue weighted by Crippen LogP contribution is 2.19. The topological polar surface area (TPSA) is 64.4 Å². The summed E-state index contributed by atoms with van der Waals surface area (Å²) >= 11 is 3.18. The van der Waals surface area contributed by atoms with E-state index >= 15 is 0 Å². The van der Waals surface area contributed by atoms with Gasteiger partial charge in [0.25, 0.3) is 5.91 Å². The van der Waals surface area contributed by atoms with Crippen molar-refractivity contribution in [3.05, 3.63) is 28.2 Å². The molecule has 0 aliphatic carbocycles. The lowest BCUT2D eigenvalue weighted by molar-refractivity contribution is -0.173. The molecule has 19 heavy (non-hydrogen) atoms. The minimum Gasteiger partial charge on any atom is -0.399 e. The van der Waals surface area contributed by atoms with Crippen molar-refractivity contribution < 1.29 is 22.7 Å². The van der Waals surface area contributed by atoms with Crippen molar-refractivity contribution in [2.75, 3.05) is 25.5 Å². The van der Waals surface area contributed by atoms with Crippen LogP contribution in [0, 0.1) is 0 Å². The number of amides is 1. The predicted octanol–water partition coefficient (Wildman–Crippen LogP) is 2.34. The van der Waals surface area contributed by atoms with Gasteiger partial charge in [0.1, 0.15) is 6.61 Å². The fourth-order valence-corrected chi connectivity index (χ4v) is 1.66. The summed E-state index contributed by atoms with van der Waals surface area (Å²) in [6.07, 6.45) is -4.36. The highest BCUT2D eigenvalue weighted by atomic mass is 79.9. The van der Waals surface area contributed by atoms with Gasteiger partial charge in [-0.3, -0.25) is 4.79 Å². The number of nitrogens with two attached hydrogens (primary N) is 1. The molecule has 0 bridgehead atoms. The number of ether oxygens (including phenoxy) is 1. The molecule has 3 N–H and O–H groups in total. The molecule has 0 heterocycles. The van der Waals surface area contributed by atoms with Crippen molar-refractivity contribution in [2.24, 2.45) is 0 Å². The smallest absolute Gasteiger partial charge is 0.399 e. The van der Waals surface area contributed by atoms with Crippen LogP contribution >= 0.6 is 15.9 Å². The number of hydrogen-bond donors (Lipinski definition) is 2. The molecule has 0 radical (unpaired) electrons. The molecule has 0 unspecified atom stereocenters. The van der Waals surface area contributed by atoms with Crippen molar-refractivity contribution in [3.63, 3.8) is 0 Å². The van der Waals surface area contributed by atoms with Gasteiger partial charge in [-0.05, 0) is 34.1 Å². The molecule has 1 amide bonds. The second-order valence-corrected chi connectivity index (χ2v) is 4.52. The summed E-state index contributed by atoms with van der Waals surface area (Å²) in [4.78, 5) is 11.7. The Morgan fingerprint density at radius 1 is 1.42 bits per heavy atom. The van der Waals surface area contributed by atoms with Crippen LogP contribution < -0.4 is 11.1 Å². The standard InChI is InChI=1S/C11H12BrF3N2O2/c12-9-2-1-7(16)5-8(9)10(18)17-3-4-19-6-11(13,14)15/h1-2,5H,3-4,6,16H2,(H,17,18). The Morgan fingerprint density at radius 3 is 2.74 bits per heavy atom. The summed E-state index contributed by atoms with van der Waals surface area (Å²) in [6, 6.07) is 4.70. The van der Waals surface area contributed by atoms with Crippen LogP contribution in [-0.2, 0) is 4.74 Å². The van der Waals surface area contributed by atoms with E-state index in [4.69, 9.17) is 5.73 Å². The molecule has 0 saturated carbocycles. The van der Waals surface area contributed by atoms with Gasteiger partial charge in [-0.15, -0.1) is 0 Å². The Hall–Kier alpha value is -1.28. The molecule has 1 aromatic carbocycles. The van der Waals surface area contributed by atoms with E-state index in [0.717, 1.165) is 0 Å². The summed E-state index contributed by atoms with van der Waals surface area (Å²) in [5, 5.41) is 2.44. The Kier molecular flexibility index (Phi) is 5.61. The Morgan fingerprint density at radius 2 is 2.11 bits per heavy atom. The van der Waals surface area contributed by atoms with Gasteiger partial charge in [0.2, 0.25) is 0 Å². The number of anilines is 1. The van der Waals surface area contributed by atoms with Gasteiger partial charge < -0.3 is 15.8 Å². The van der Waals surface area contributed by atoms with Crippen LogP contribution in [0.25, 0.3) is 0 Å². The van der Waals surface area contributed by atoms with E-state index in [9.17, 15) is 18.0 Å². The van der Waals surface area contributed by atoms with E-state index < -0.39 is 18.7 Å². The van der Waals surface area contributed by atoms with Crippen LogP contribution in [-0.4, -0.2) is 31.8 Å². The number of carbonyl (C=O) groups is 1. The predicted molar refractivity (Wildman–Crippen MR) is 67.8 cm³/mol. The number of halogens is 4. The van der Waals surface area contributed by atoms with Crippen LogP contribution in [0.15, 0.2) is 22.7 Å². The molecule has 0 aromatic heterocycles. The first-order valence-electron chi connectivity index (χ1n) is 5.27. The Labute approximate surface area is 116 Å². The van der Waals surface area contributed by atoms with E-state index in [0.29, 0.717) is 15.7 Å². The lowest BCUT2D eigenvalue weighted by Crippen LogP contribution is -2.29. The second kappa shape index (κ2) is 6.76. The fraction of sp³-hybridized carbons (Fsp3) is 0.364. The summed E-state index contributed by atoms with van der Waals surface area (Å²) in [5.41, 5.74) is 6.27. The number of rotatable bonds is 5. The number of nitrogens with one attached hydrogen (secondary N) is 1. The van der Waals surface area contributed by atoms with Crippen LogP contribution in [0.1, 0.15) is 10.4 Å². The summed E-state index contributed by atoms with van der Waals surface area (Å²) in [6.45, 7) is -1.56. The maximum atomic E-state index is 11.8. The molecule has 0 aliphatic heterocycles. The molecule has 1 rings (SSSR count). The lowest BCUT2D eigenvalue weighted by Gasteiger charge is -2.09. The van der Waals surface area contributed by atoms with Crippen molar-refractivity contribution in [3.8, 4) is 0 Å². The first kappa shape index (κ1) is 15.8. The number of nitrogen functional groups attached to an aromatic ring is 1. The molecule has 0 aliphatic rings. The number of alkyl halides is 3. The van der Waals surface area contributed by atoms with E-state index in [1.54, 1.807) is 12.1 Å². The van der Waals surface area contributed by atoms with Crippen molar-refractivity contribution >= 4 is 27.5 Å². The highest BCUT2D eigenvalue weighted by molar-refractivity contribution is 9.10. The highest BCUT2D eigenvalue weighted by Gasteiger charge is 2.27. The molecule has 1 aromatic rings. The summed E-state index contributed by atoms with van der Waals surface area (Å²) in [5.74, 6) is -0.435. The van der Waals surface area contributed by atoms with Gasteiger partial charge in [0.05, 0.1) is 12.2 Å². The molecule has 0 fully saturated rings. The average molecular weight is 341 g/mol. The third kappa shape index (κ3) is 5.93. The molecular weight excluding hydrogens is 329 g/mol. The quantitative estimate of drug-likeness (QED) is 0.638. The van der Waals surface area contributed by atoms with Crippen LogP contribution in [0.2, 0.25) is 0 Å². The average Bonchev–Trinajstić information content (AvgIpc) is 2.30. The van der Waals surface area contributed by atoms with Crippen molar-refractivity contribution in [1.29, 1.82) is 0 Å². The summed E-state index contributed by atoms with van der Waals surface area (Å²) in [7, 11) is 0. The van der Waals surface area contributed by atoms with E-state index in [-0.39, 0.29) is 13.2 Å². The molecule has 106 valence electrons. The zero-order valence-electron chi connectivity index (χ0n) is 9.76. The molecule has 0 atom stereocenters. The molecule has 4 nitrogen and oxygen atoms in total. The number of carbonyl (C=O) groups excluding carboxylic acids is 1. The Balaban J connectivity index is 2.38. The van der Waals surface area contributed by atoms with Crippen molar-refractivity contribution in [2.45, 2.75) is 6.18 Å². The molecule has 0 spiro atoms. The van der Waals surface area contributed by atoms with E-state index in [1.807, 2.05) is 0 Å². The van der Waals surface area contributed by atoms with Crippen LogP contribution in [0.4, 0.5) is 18.9 Å². The fourth-order valence-electron chi connectivity index (χ4n) is 1.24. The second-order valence-electron chi connectivity index (χ2n) is 3.66. The molecule has 8 heteroatoms. The Bertz CT molecular complexity index is 452. The van der Waals surface area contributed by atoms with Gasteiger partial charge in [-0.1, -0.05) is 0 Å². The minimum atomic E-state index is -4.36. The largest absolute Gasteiger partial charge is 0.411 e. The van der Waals surface area contributed by atoms with E-state index in [2.05, 4.69) is 26.0 Å². The van der Waals surface area contributed by atoms with Gasteiger partial charge in [0.15, 0.2) is 0 Å². The number of benzene rings is 1. The van der Waals surface area contributed by atoms with Crippen LogP contribution in [0.5, 0.6) is 0 Å². The van der Waals surface area contributed by atoms with Gasteiger partial charge in [0, 0.05) is 16.7 Å². The maximum absolute atomic E-state index is 11.8. The normalized spacial score (nSPS) is 11.4. The monoisotopic (exact) mass is 340 g/mol. The SMILES string of the molecule is Nc1ccc(Br)c(C(=O)NCCOCC(F)(F)F)c1. The first-order chi connectivity index (χ1) is 8.79. The van der Waals surface area contributed by atoms with E-state index in [1.165, 1.54) is 6.07 Å². The zero-order valence-corrected chi connectivity index (χ0v) is 11.3. The lowest BCUT2D eigenvalue weighted by atomic mass is 10.2. The van der Waals surface area contributed by atoms with Gasteiger partial charge >= 0.3 is 6.18 Å². The number of hydrogen-bond acceptors (Lipinski definition) is 3. The third-order valence-corrected chi connectivity index (χ3v) is 2.72. The minimum absolute atomic E-state index is 0.0177. The van der Waals surface area contributed by atoms with Crippen LogP contribution in [0.3, 0.4) is 0 Å².